The lowest BCUT2D eigenvalue weighted by atomic mass is 10.1. The van der Waals surface area contributed by atoms with Gasteiger partial charge in [-0.25, -0.2) is 0 Å². The van der Waals surface area contributed by atoms with Gasteiger partial charge in [0.25, 0.3) is 11.8 Å². The summed E-state index contributed by atoms with van der Waals surface area (Å²) in [5.41, 5.74) is 2.93. The van der Waals surface area contributed by atoms with Gasteiger partial charge in [0.05, 0.1) is 0 Å². The van der Waals surface area contributed by atoms with E-state index >= 15 is 0 Å². The molecule has 0 saturated carbocycles. The number of amides is 2. The number of anilines is 2. The largest absolute Gasteiger partial charge is 0.381 e. The summed E-state index contributed by atoms with van der Waals surface area (Å²) in [6.45, 7) is 3.63. The fourth-order valence-electron chi connectivity index (χ4n) is 2.89. The van der Waals surface area contributed by atoms with Crippen molar-refractivity contribution in [3.05, 3.63) is 53.9 Å². The first-order chi connectivity index (χ1) is 13.2. The zero-order chi connectivity index (χ0) is 19.1. The third-order valence-electron chi connectivity index (χ3n) is 4.24. The van der Waals surface area contributed by atoms with Crippen LogP contribution in [0, 0.1) is 0 Å². The summed E-state index contributed by atoms with van der Waals surface area (Å²) in [6.07, 6.45) is 2.94. The molecule has 3 N–H and O–H groups in total. The normalized spacial score (nSPS) is 16.0. The Morgan fingerprint density at radius 1 is 1.22 bits per heavy atom. The van der Waals surface area contributed by atoms with Crippen molar-refractivity contribution < 1.29 is 14.3 Å². The van der Waals surface area contributed by atoms with Crippen molar-refractivity contribution >= 4 is 23.2 Å². The van der Waals surface area contributed by atoms with E-state index in [4.69, 9.17) is 4.74 Å². The Hall–Kier alpha value is -2.93. The number of rotatable bonds is 7. The van der Waals surface area contributed by atoms with Gasteiger partial charge in [0.1, 0.15) is 11.8 Å². The van der Waals surface area contributed by atoms with Crippen molar-refractivity contribution in [3.63, 3.8) is 0 Å². The number of aromatic nitrogens is 1. The SMILES string of the molecule is CCNC(=O)c1cc(NCc2cccc(NC(=O)[C@@H]3CCCO3)c2)ccn1. The molecular weight excluding hydrogens is 344 g/mol. The molecule has 0 radical (unpaired) electrons. The Morgan fingerprint density at radius 2 is 2.11 bits per heavy atom. The summed E-state index contributed by atoms with van der Waals surface area (Å²) >= 11 is 0. The number of nitrogens with one attached hydrogen (secondary N) is 3. The topological polar surface area (TPSA) is 92.4 Å². The molecule has 1 atom stereocenters. The monoisotopic (exact) mass is 368 g/mol. The summed E-state index contributed by atoms with van der Waals surface area (Å²) in [7, 11) is 0. The molecule has 1 aliphatic heterocycles. The molecule has 1 aromatic heterocycles. The molecule has 1 aliphatic rings. The summed E-state index contributed by atoms with van der Waals surface area (Å²) in [5, 5.41) is 8.91. The number of hydrogen-bond donors (Lipinski definition) is 3. The second-order valence-corrected chi connectivity index (χ2v) is 6.33. The maximum absolute atomic E-state index is 12.2. The van der Waals surface area contributed by atoms with E-state index in [1.54, 1.807) is 12.3 Å². The molecule has 1 aromatic carbocycles. The minimum Gasteiger partial charge on any atom is -0.381 e. The molecule has 0 spiro atoms. The van der Waals surface area contributed by atoms with Gasteiger partial charge in [-0.3, -0.25) is 14.6 Å². The maximum atomic E-state index is 12.2. The van der Waals surface area contributed by atoms with E-state index in [0.717, 1.165) is 29.8 Å². The molecule has 1 fully saturated rings. The standard InChI is InChI=1S/C20H24N4O3/c1-2-21-19(25)17-12-15(8-9-22-17)23-13-14-5-3-6-16(11-14)24-20(26)18-7-4-10-27-18/h3,5-6,8-9,11-12,18H,2,4,7,10,13H2,1H3,(H,21,25)(H,22,23)(H,24,26)/t18-/m0/s1. The lowest BCUT2D eigenvalue weighted by Gasteiger charge is -2.12. The van der Waals surface area contributed by atoms with Gasteiger partial charge in [-0.1, -0.05) is 12.1 Å². The highest BCUT2D eigenvalue weighted by atomic mass is 16.5. The van der Waals surface area contributed by atoms with Crippen LogP contribution in [0.2, 0.25) is 0 Å². The number of benzene rings is 1. The first kappa shape index (κ1) is 18.8. The Morgan fingerprint density at radius 3 is 2.89 bits per heavy atom. The maximum Gasteiger partial charge on any atom is 0.269 e. The van der Waals surface area contributed by atoms with E-state index < -0.39 is 0 Å². The fraction of sp³-hybridized carbons (Fsp3) is 0.350. The molecule has 1 saturated heterocycles. The van der Waals surface area contributed by atoms with Gasteiger partial charge in [0.2, 0.25) is 0 Å². The predicted octanol–water partition coefficient (Wildman–Crippen LogP) is 2.56. The lowest BCUT2D eigenvalue weighted by Crippen LogP contribution is -2.26. The number of pyridine rings is 1. The van der Waals surface area contributed by atoms with E-state index in [1.807, 2.05) is 37.3 Å². The van der Waals surface area contributed by atoms with Gasteiger partial charge in [-0.05, 0) is 49.6 Å². The number of carbonyl (C=O) groups is 2. The fourth-order valence-corrected chi connectivity index (χ4v) is 2.89. The summed E-state index contributed by atoms with van der Waals surface area (Å²) in [4.78, 5) is 28.1. The second kappa shape index (κ2) is 9.14. The second-order valence-electron chi connectivity index (χ2n) is 6.33. The van der Waals surface area contributed by atoms with E-state index in [-0.39, 0.29) is 17.9 Å². The van der Waals surface area contributed by atoms with Crippen LogP contribution in [-0.4, -0.2) is 36.1 Å². The number of ether oxygens (including phenoxy) is 1. The van der Waals surface area contributed by atoms with Crippen LogP contribution in [0.15, 0.2) is 42.6 Å². The van der Waals surface area contributed by atoms with Crippen LogP contribution in [0.4, 0.5) is 11.4 Å². The van der Waals surface area contributed by atoms with Crippen LogP contribution in [-0.2, 0) is 16.1 Å². The molecule has 27 heavy (non-hydrogen) atoms. The van der Waals surface area contributed by atoms with Crippen LogP contribution in [0.25, 0.3) is 0 Å². The first-order valence-corrected chi connectivity index (χ1v) is 9.15. The zero-order valence-corrected chi connectivity index (χ0v) is 15.3. The van der Waals surface area contributed by atoms with Gasteiger partial charge in [-0.15, -0.1) is 0 Å². The van der Waals surface area contributed by atoms with Crippen molar-refractivity contribution in [1.29, 1.82) is 0 Å². The highest BCUT2D eigenvalue weighted by Gasteiger charge is 2.23. The quantitative estimate of drug-likeness (QED) is 0.698. The van der Waals surface area contributed by atoms with Gasteiger partial charge < -0.3 is 20.7 Å². The van der Waals surface area contributed by atoms with Crippen LogP contribution in [0.3, 0.4) is 0 Å². The third kappa shape index (κ3) is 5.27. The van der Waals surface area contributed by atoms with Gasteiger partial charge in [0, 0.05) is 37.3 Å². The third-order valence-corrected chi connectivity index (χ3v) is 4.24. The van der Waals surface area contributed by atoms with Gasteiger partial charge in [0.15, 0.2) is 0 Å². The summed E-state index contributed by atoms with van der Waals surface area (Å²) in [5.74, 6) is -0.293. The summed E-state index contributed by atoms with van der Waals surface area (Å²) in [6, 6.07) is 11.2. The number of carbonyl (C=O) groups excluding carboxylic acids is 2. The van der Waals surface area contributed by atoms with Crippen LogP contribution < -0.4 is 16.0 Å². The average molecular weight is 368 g/mol. The molecule has 142 valence electrons. The summed E-state index contributed by atoms with van der Waals surface area (Å²) < 4.78 is 5.41. The highest BCUT2D eigenvalue weighted by molar-refractivity contribution is 5.94. The van der Waals surface area contributed by atoms with E-state index in [9.17, 15) is 9.59 Å². The van der Waals surface area contributed by atoms with Crippen molar-refractivity contribution in [2.24, 2.45) is 0 Å². The Labute approximate surface area is 158 Å². The van der Waals surface area contributed by atoms with Crippen molar-refractivity contribution in [1.82, 2.24) is 10.3 Å². The lowest BCUT2D eigenvalue weighted by molar-refractivity contribution is -0.124. The molecule has 0 unspecified atom stereocenters. The zero-order valence-electron chi connectivity index (χ0n) is 15.3. The predicted molar refractivity (Wildman–Crippen MR) is 104 cm³/mol. The van der Waals surface area contributed by atoms with Crippen molar-refractivity contribution in [3.8, 4) is 0 Å². The number of hydrogen-bond acceptors (Lipinski definition) is 5. The van der Waals surface area contributed by atoms with Gasteiger partial charge >= 0.3 is 0 Å². The van der Waals surface area contributed by atoms with Crippen LogP contribution in [0.1, 0.15) is 35.8 Å². The highest BCUT2D eigenvalue weighted by Crippen LogP contribution is 2.17. The minimum atomic E-state index is -0.351. The minimum absolute atomic E-state index is 0.0988. The molecule has 2 heterocycles. The Bertz CT molecular complexity index is 803. The molecule has 3 rings (SSSR count). The molecule has 7 heteroatoms. The molecule has 0 bridgehead atoms. The molecule has 2 aromatic rings. The molecule has 7 nitrogen and oxygen atoms in total. The van der Waals surface area contributed by atoms with Crippen LogP contribution >= 0.6 is 0 Å². The van der Waals surface area contributed by atoms with E-state index in [0.29, 0.717) is 25.4 Å². The molecular formula is C20H24N4O3. The van der Waals surface area contributed by atoms with Gasteiger partial charge in [-0.2, -0.15) is 0 Å². The van der Waals surface area contributed by atoms with E-state index in [2.05, 4.69) is 20.9 Å². The smallest absolute Gasteiger partial charge is 0.269 e. The van der Waals surface area contributed by atoms with E-state index in [1.165, 1.54) is 0 Å². The van der Waals surface area contributed by atoms with Crippen molar-refractivity contribution in [2.75, 3.05) is 23.8 Å². The molecule has 0 aliphatic carbocycles. The van der Waals surface area contributed by atoms with Crippen LogP contribution in [0.5, 0.6) is 0 Å². The first-order valence-electron chi connectivity index (χ1n) is 9.15. The average Bonchev–Trinajstić information content (AvgIpc) is 3.22. The Kier molecular flexibility index (Phi) is 6.38. The molecule has 2 amide bonds. The number of nitrogens with zero attached hydrogens (tertiary/aromatic N) is 1. The Balaban J connectivity index is 1.59. The van der Waals surface area contributed by atoms with Crippen molar-refractivity contribution in [2.45, 2.75) is 32.4 Å².